The molecule has 2 aromatic carbocycles. The Morgan fingerprint density at radius 1 is 0.947 bits per heavy atom. The molecule has 1 unspecified atom stereocenters. The lowest BCUT2D eigenvalue weighted by molar-refractivity contribution is -0.137. The van der Waals surface area contributed by atoms with E-state index in [0.717, 1.165) is 17.2 Å². The molecule has 2 aromatic rings. The molecular formula is C15H12BrF3. The maximum absolute atomic E-state index is 12.7. The van der Waals surface area contributed by atoms with Gasteiger partial charge in [0.15, 0.2) is 0 Å². The first kappa shape index (κ1) is 14.1. The lowest BCUT2D eigenvalue weighted by atomic mass is 10.0. The van der Waals surface area contributed by atoms with Gasteiger partial charge in [0.2, 0.25) is 0 Å². The van der Waals surface area contributed by atoms with Crippen molar-refractivity contribution in [2.24, 2.45) is 0 Å². The summed E-state index contributed by atoms with van der Waals surface area (Å²) in [5.41, 5.74) is 2.03. The number of hydrogen-bond donors (Lipinski definition) is 0. The van der Waals surface area contributed by atoms with E-state index in [4.69, 9.17) is 0 Å². The topological polar surface area (TPSA) is 0 Å². The molecule has 0 radical (unpaired) electrons. The van der Waals surface area contributed by atoms with Crippen molar-refractivity contribution in [1.29, 1.82) is 0 Å². The van der Waals surface area contributed by atoms with Gasteiger partial charge in [-0.15, -0.1) is 0 Å². The van der Waals surface area contributed by atoms with Crippen LogP contribution in [-0.2, 0) is 6.18 Å². The minimum Gasteiger partial charge on any atom is -0.166 e. The highest BCUT2D eigenvalue weighted by molar-refractivity contribution is 9.09. The Kier molecular flexibility index (Phi) is 3.99. The van der Waals surface area contributed by atoms with Gasteiger partial charge in [-0.25, -0.2) is 0 Å². The Bertz CT molecular complexity index is 558. The number of halogens is 4. The molecule has 1 atom stereocenters. The van der Waals surface area contributed by atoms with Crippen LogP contribution in [0.3, 0.4) is 0 Å². The number of rotatable bonds is 2. The highest BCUT2D eigenvalue weighted by Gasteiger charge is 2.30. The molecule has 0 bridgehead atoms. The zero-order valence-electron chi connectivity index (χ0n) is 10.2. The van der Waals surface area contributed by atoms with Crippen molar-refractivity contribution in [3.63, 3.8) is 0 Å². The van der Waals surface area contributed by atoms with Crippen molar-refractivity contribution in [2.75, 3.05) is 0 Å². The molecule has 0 amide bonds. The summed E-state index contributed by atoms with van der Waals surface area (Å²) in [7, 11) is 0. The molecule has 2 rings (SSSR count). The van der Waals surface area contributed by atoms with Crippen molar-refractivity contribution >= 4 is 15.9 Å². The van der Waals surface area contributed by atoms with E-state index in [0.29, 0.717) is 5.56 Å². The van der Waals surface area contributed by atoms with Crippen LogP contribution in [0.1, 0.15) is 27.1 Å². The average molecular weight is 329 g/mol. The largest absolute Gasteiger partial charge is 0.416 e. The Morgan fingerprint density at radius 2 is 1.58 bits per heavy atom. The first-order valence-corrected chi connectivity index (χ1v) is 6.67. The molecule has 0 fully saturated rings. The van der Waals surface area contributed by atoms with E-state index in [-0.39, 0.29) is 4.83 Å². The fourth-order valence-corrected chi connectivity index (χ4v) is 2.39. The first-order valence-electron chi connectivity index (χ1n) is 5.76. The predicted octanol–water partition coefficient (Wildman–Crippen LogP) is 5.50. The van der Waals surface area contributed by atoms with Crippen molar-refractivity contribution in [3.05, 3.63) is 70.8 Å². The minimum absolute atomic E-state index is 0.240. The van der Waals surface area contributed by atoms with Crippen LogP contribution in [0.15, 0.2) is 48.5 Å². The Morgan fingerprint density at radius 3 is 2.16 bits per heavy atom. The van der Waals surface area contributed by atoms with Crippen LogP contribution >= 0.6 is 15.9 Å². The minimum atomic E-state index is -4.31. The smallest absolute Gasteiger partial charge is 0.166 e. The van der Waals surface area contributed by atoms with Gasteiger partial charge in [0, 0.05) is 0 Å². The molecule has 0 saturated carbocycles. The summed E-state index contributed by atoms with van der Waals surface area (Å²) >= 11 is 3.45. The summed E-state index contributed by atoms with van der Waals surface area (Å²) in [4.78, 5) is -0.240. The fourth-order valence-electron chi connectivity index (χ4n) is 1.80. The van der Waals surface area contributed by atoms with Gasteiger partial charge >= 0.3 is 6.18 Å². The van der Waals surface area contributed by atoms with Crippen LogP contribution in [0.25, 0.3) is 0 Å². The summed E-state index contributed by atoms with van der Waals surface area (Å²) in [6.07, 6.45) is -4.31. The van der Waals surface area contributed by atoms with Gasteiger partial charge in [0.25, 0.3) is 0 Å². The molecule has 0 aliphatic rings. The number of benzene rings is 2. The second kappa shape index (κ2) is 5.37. The summed E-state index contributed by atoms with van der Waals surface area (Å²) in [5, 5.41) is 0. The molecule has 0 N–H and O–H groups in total. The molecule has 4 heteroatoms. The van der Waals surface area contributed by atoms with Crippen molar-refractivity contribution in [1.82, 2.24) is 0 Å². The fraction of sp³-hybridized carbons (Fsp3) is 0.200. The van der Waals surface area contributed by atoms with E-state index in [2.05, 4.69) is 15.9 Å². The number of alkyl halides is 4. The van der Waals surface area contributed by atoms with Gasteiger partial charge in [-0.05, 0) is 24.1 Å². The Labute approximate surface area is 118 Å². The molecule has 19 heavy (non-hydrogen) atoms. The van der Waals surface area contributed by atoms with E-state index in [9.17, 15) is 13.2 Å². The highest BCUT2D eigenvalue weighted by atomic mass is 79.9. The van der Waals surface area contributed by atoms with E-state index in [1.165, 1.54) is 12.1 Å². The standard InChI is InChI=1S/C15H12BrF3/c1-10-5-7-11(8-6-10)14(16)12-3-2-4-13(9-12)15(17,18)19/h2-9,14H,1H3. The second-order valence-electron chi connectivity index (χ2n) is 4.40. The first-order chi connectivity index (χ1) is 8.88. The maximum Gasteiger partial charge on any atom is 0.416 e. The van der Waals surface area contributed by atoms with E-state index < -0.39 is 11.7 Å². The number of aryl methyl sites for hydroxylation is 1. The van der Waals surface area contributed by atoms with E-state index in [1.807, 2.05) is 31.2 Å². The van der Waals surface area contributed by atoms with Gasteiger partial charge in [-0.2, -0.15) is 13.2 Å². The molecule has 0 saturated heterocycles. The normalized spacial score (nSPS) is 13.3. The predicted molar refractivity (Wildman–Crippen MR) is 73.4 cm³/mol. The third-order valence-electron chi connectivity index (χ3n) is 2.88. The third-order valence-corrected chi connectivity index (χ3v) is 3.93. The van der Waals surface area contributed by atoms with Gasteiger partial charge in [-0.1, -0.05) is 64.0 Å². The quantitative estimate of drug-likeness (QED) is 0.639. The summed E-state index contributed by atoms with van der Waals surface area (Å²) in [5.74, 6) is 0. The van der Waals surface area contributed by atoms with Crippen LogP contribution in [0, 0.1) is 6.92 Å². The van der Waals surface area contributed by atoms with Gasteiger partial charge in [-0.3, -0.25) is 0 Å². The van der Waals surface area contributed by atoms with Crippen LogP contribution in [0.2, 0.25) is 0 Å². The highest BCUT2D eigenvalue weighted by Crippen LogP contribution is 2.35. The maximum atomic E-state index is 12.7. The van der Waals surface area contributed by atoms with Crippen LogP contribution in [0.4, 0.5) is 13.2 Å². The monoisotopic (exact) mass is 328 g/mol. The molecule has 0 aliphatic carbocycles. The third kappa shape index (κ3) is 3.38. The van der Waals surface area contributed by atoms with Crippen molar-refractivity contribution < 1.29 is 13.2 Å². The second-order valence-corrected chi connectivity index (χ2v) is 5.31. The molecular weight excluding hydrogens is 317 g/mol. The van der Waals surface area contributed by atoms with Crippen molar-refractivity contribution in [2.45, 2.75) is 17.9 Å². The lowest BCUT2D eigenvalue weighted by Gasteiger charge is -2.13. The summed E-state index contributed by atoms with van der Waals surface area (Å²) in [6, 6.07) is 13.1. The number of hydrogen-bond acceptors (Lipinski definition) is 0. The van der Waals surface area contributed by atoms with Crippen LogP contribution in [-0.4, -0.2) is 0 Å². The van der Waals surface area contributed by atoms with Gasteiger partial charge in [0.05, 0.1) is 10.4 Å². The van der Waals surface area contributed by atoms with Crippen LogP contribution < -0.4 is 0 Å². The molecule has 0 aliphatic heterocycles. The average Bonchev–Trinajstić information content (AvgIpc) is 2.38. The zero-order chi connectivity index (χ0) is 14.0. The van der Waals surface area contributed by atoms with E-state index >= 15 is 0 Å². The summed E-state index contributed by atoms with van der Waals surface area (Å²) in [6.45, 7) is 1.97. The summed E-state index contributed by atoms with van der Waals surface area (Å²) < 4.78 is 38.0. The van der Waals surface area contributed by atoms with Gasteiger partial charge < -0.3 is 0 Å². The van der Waals surface area contributed by atoms with E-state index in [1.54, 1.807) is 6.07 Å². The molecule has 0 heterocycles. The molecule has 0 spiro atoms. The van der Waals surface area contributed by atoms with Crippen molar-refractivity contribution in [3.8, 4) is 0 Å². The molecule has 100 valence electrons. The SMILES string of the molecule is Cc1ccc(C(Br)c2cccc(C(F)(F)F)c2)cc1. The molecule has 0 nitrogen and oxygen atoms in total. The lowest BCUT2D eigenvalue weighted by Crippen LogP contribution is -2.05. The Balaban J connectivity index is 2.34. The Hall–Kier alpha value is -1.29. The van der Waals surface area contributed by atoms with Gasteiger partial charge in [0.1, 0.15) is 0 Å². The van der Waals surface area contributed by atoms with Crippen LogP contribution in [0.5, 0.6) is 0 Å². The molecule has 0 aromatic heterocycles. The zero-order valence-corrected chi connectivity index (χ0v) is 11.8.